The van der Waals surface area contributed by atoms with Gasteiger partial charge in [-0.25, -0.2) is 0 Å². The van der Waals surface area contributed by atoms with Crippen molar-refractivity contribution >= 4 is 11.6 Å². The molecule has 10 heavy (non-hydrogen) atoms. The highest BCUT2D eigenvalue weighted by Gasteiger charge is 1.81. The highest BCUT2D eigenvalue weighted by molar-refractivity contribution is 6.18. The summed E-state index contributed by atoms with van der Waals surface area (Å²) in [6.45, 7) is 3.80. The first kappa shape index (κ1) is 9.99. The van der Waals surface area contributed by atoms with Gasteiger partial charge >= 0.3 is 0 Å². The van der Waals surface area contributed by atoms with Gasteiger partial charge in [0.05, 0.1) is 6.61 Å². The highest BCUT2D eigenvalue weighted by atomic mass is 35.5. The van der Waals surface area contributed by atoms with E-state index in [0.717, 1.165) is 26.1 Å². The van der Waals surface area contributed by atoms with Crippen LogP contribution >= 0.6 is 11.6 Å². The number of halogens is 1. The molecule has 60 valence electrons. The largest absolute Gasteiger partial charge is 0.381 e. The Morgan fingerprint density at radius 1 is 1.30 bits per heavy atom. The summed E-state index contributed by atoms with van der Waals surface area (Å²) in [5, 5.41) is 0. The molecular weight excluding hydrogens is 148 g/mol. The van der Waals surface area contributed by atoms with E-state index in [1.807, 2.05) is 12.2 Å². The molecule has 0 aliphatic rings. The van der Waals surface area contributed by atoms with Gasteiger partial charge < -0.3 is 4.74 Å². The monoisotopic (exact) mass is 162 g/mol. The number of ether oxygens (including phenoxy) is 1. The van der Waals surface area contributed by atoms with Gasteiger partial charge in [-0.05, 0) is 12.8 Å². The van der Waals surface area contributed by atoms with Gasteiger partial charge in [0.2, 0.25) is 0 Å². The molecule has 0 aliphatic heterocycles. The standard InChI is InChI=1S/C8H15ClO/c1-2-7-10-8-5-3-4-6-9/h3-4H,2,5-8H2,1H3. The van der Waals surface area contributed by atoms with Gasteiger partial charge in [-0.3, -0.25) is 0 Å². The van der Waals surface area contributed by atoms with Crippen molar-refractivity contribution in [2.45, 2.75) is 19.8 Å². The number of hydrogen-bond donors (Lipinski definition) is 0. The number of allylic oxidation sites excluding steroid dienone is 1. The Morgan fingerprint density at radius 3 is 2.70 bits per heavy atom. The minimum Gasteiger partial charge on any atom is -0.381 e. The van der Waals surface area contributed by atoms with Crippen LogP contribution in [-0.2, 0) is 4.74 Å². The summed E-state index contributed by atoms with van der Waals surface area (Å²) in [5.41, 5.74) is 0. The fraction of sp³-hybridized carbons (Fsp3) is 0.750. The SMILES string of the molecule is CCCOCCC=CCCl. The Labute approximate surface area is 68.0 Å². The molecule has 0 heterocycles. The molecule has 0 fully saturated rings. The second-order valence-corrected chi connectivity index (χ2v) is 2.34. The Kier molecular flexibility index (Phi) is 8.98. The molecule has 0 unspecified atom stereocenters. The minimum atomic E-state index is 0.605. The predicted molar refractivity (Wildman–Crippen MR) is 45.6 cm³/mol. The molecule has 0 aromatic carbocycles. The molecule has 0 rings (SSSR count). The molecule has 0 saturated carbocycles. The first-order valence-electron chi connectivity index (χ1n) is 3.70. The summed E-state index contributed by atoms with van der Waals surface area (Å²) in [4.78, 5) is 0. The minimum absolute atomic E-state index is 0.605. The quantitative estimate of drug-likeness (QED) is 0.332. The van der Waals surface area contributed by atoms with Crippen molar-refractivity contribution in [3.8, 4) is 0 Å². The zero-order valence-electron chi connectivity index (χ0n) is 6.48. The van der Waals surface area contributed by atoms with Crippen LogP contribution in [-0.4, -0.2) is 19.1 Å². The third kappa shape index (κ3) is 7.99. The molecule has 0 amide bonds. The van der Waals surface area contributed by atoms with E-state index < -0.39 is 0 Å². The fourth-order valence-electron chi connectivity index (χ4n) is 0.579. The van der Waals surface area contributed by atoms with Gasteiger partial charge in [-0.15, -0.1) is 11.6 Å². The molecule has 0 radical (unpaired) electrons. The average molecular weight is 163 g/mol. The molecule has 0 spiro atoms. The van der Waals surface area contributed by atoms with E-state index in [1.54, 1.807) is 0 Å². The summed E-state index contributed by atoms with van der Waals surface area (Å²) in [6.07, 6.45) is 6.06. The number of hydrogen-bond acceptors (Lipinski definition) is 1. The van der Waals surface area contributed by atoms with Gasteiger partial charge in [0, 0.05) is 12.5 Å². The highest BCUT2D eigenvalue weighted by Crippen LogP contribution is 1.87. The Balaban J connectivity index is 2.83. The van der Waals surface area contributed by atoms with E-state index in [1.165, 1.54) is 0 Å². The predicted octanol–water partition coefficient (Wildman–Crippen LogP) is 2.60. The summed E-state index contributed by atoms with van der Waals surface area (Å²) in [7, 11) is 0. The summed E-state index contributed by atoms with van der Waals surface area (Å²) in [6, 6.07) is 0. The summed E-state index contributed by atoms with van der Waals surface area (Å²) >= 11 is 5.41. The zero-order valence-corrected chi connectivity index (χ0v) is 7.23. The third-order valence-corrected chi connectivity index (χ3v) is 1.21. The maximum Gasteiger partial charge on any atom is 0.0500 e. The Bertz CT molecular complexity index is 81.3. The molecule has 0 aromatic heterocycles. The van der Waals surface area contributed by atoms with Crippen molar-refractivity contribution in [2.75, 3.05) is 19.1 Å². The van der Waals surface area contributed by atoms with Crippen molar-refractivity contribution in [3.05, 3.63) is 12.2 Å². The lowest BCUT2D eigenvalue weighted by Gasteiger charge is -1.96. The smallest absolute Gasteiger partial charge is 0.0500 e. The van der Waals surface area contributed by atoms with Crippen LogP contribution in [0, 0.1) is 0 Å². The summed E-state index contributed by atoms with van der Waals surface area (Å²) in [5.74, 6) is 0.605. The molecule has 0 N–H and O–H groups in total. The first-order valence-corrected chi connectivity index (χ1v) is 4.24. The maximum atomic E-state index is 5.41. The topological polar surface area (TPSA) is 9.23 Å². The van der Waals surface area contributed by atoms with Crippen LogP contribution in [0.4, 0.5) is 0 Å². The Hall–Kier alpha value is -0.0100. The van der Waals surface area contributed by atoms with Crippen LogP contribution in [0.1, 0.15) is 19.8 Å². The first-order chi connectivity index (χ1) is 4.91. The lowest BCUT2D eigenvalue weighted by Crippen LogP contribution is -1.93. The van der Waals surface area contributed by atoms with Crippen LogP contribution in [0.5, 0.6) is 0 Å². The van der Waals surface area contributed by atoms with Crippen LogP contribution in [0.25, 0.3) is 0 Å². The van der Waals surface area contributed by atoms with Gasteiger partial charge in [-0.2, -0.15) is 0 Å². The fourth-order valence-corrected chi connectivity index (χ4v) is 0.705. The molecule has 0 saturated heterocycles. The van der Waals surface area contributed by atoms with Crippen LogP contribution in [0.15, 0.2) is 12.2 Å². The van der Waals surface area contributed by atoms with Crippen molar-refractivity contribution in [3.63, 3.8) is 0 Å². The molecule has 0 aliphatic carbocycles. The summed E-state index contributed by atoms with van der Waals surface area (Å²) < 4.78 is 5.24. The maximum absolute atomic E-state index is 5.41. The van der Waals surface area contributed by atoms with Crippen molar-refractivity contribution < 1.29 is 4.74 Å². The third-order valence-electron chi connectivity index (χ3n) is 1.03. The van der Waals surface area contributed by atoms with Crippen molar-refractivity contribution in [2.24, 2.45) is 0 Å². The van der Waals surface area contributed by atoms with Crippen molar-refractivity contribution in [1.29, 1.82) is 0 Å². The second kappa shape index (κ2) is 8.99. The van der Waals surface area contributed by atoms with Gasteiger partial charge in [0.15, 0.2) is 0 Å². The molecular formula is C8H15ClO. The molecule has 0 atom stereocenters. The average Bonchev–Trinajstić information content (AvgIpc) is 1.97. The van der Waals surface area contributed by atoms with E-state index in [-0.39, 0.29) is 0 Å². The molecule has 2 heteroatoms. The van der Waals surface area contributed by atoms with E-state index in [9.17, 15) is 0 Å². The van der Waals surface area contributed by atoms with Crippen LogP contribution in [0.2, 0.25) is 0 Å². The number of rotatable bonds is 6. The van der Waals surface area contributed by atoms with E-state index >= 15 is 0 Å². The lowest BCUT2D eigenvalue weighted by molar-refractivity contribution is 0.139. The van der Waals surface area contributed by atoms with E-state index in [2.05, 4.69) is 6.92 Å². The van der Waals surface area contributed by atoms with Gasteiger partial charge in [0.1, 0.15) is 0 Å². The van der Waals surface area contributed by atoms with Gasteiger partial charge in [0.25, 0.3) is 0 Å². The Morgan fingerprint density at radius 2 is 2.10 bits per heavy atom. The van der Waals surface area contributed by atoms with Crippen LogP contribution in [0.3, 0.4) is 0 Å². The van der Waals surface area contributed by atoms with Crippen molar-refractivity contribution in [1.82, 2.24) is 0 Å². The second-order valence-electron chi connectivity index (χ2n) is 2.03. The molecule has 1 nitrogen and oxygen atoms in total. The normalized spacial score (nSPS) is 11.0. The van der Waals surface area contributed by atoms with Gasteiger partial charge in [-0.1, -0.05) is 19.1 Å². The van der Waals surface area contributed by atoms with E-state index in [0.29, 0.717) is 5.88 Å². The van der Waals surface area contributed by atoms with Crippen LogP contribution < -0.4 is 0 Å². The number of alkyl halides is 1. The molecule has 0 aromatic rings. The zero-order chi connectivity index (χ0) is 7.66. The molecule has 0 bridgehead atoms. The van der Waals surface area contributed by atoms with E-state index in [4.69, 9.17) is 16.3 Å². The lowest BCUT2D eigenvalue weighted by atomic mass is 10.4.